The summed E-state index contributed by atoms with van der Waals surface area (Å²) >= 11 is 0. The van der Waals surface area contributed by atoms with Crippen molar-refractivity contribution >= 4 is 16.7 Å². The zero-order valence-corrected chi connectivity index (χ0v) is 22.0. The summed E-state index contributed by atoms with van der Waals surface area (Å²) in [5.41, 5.74) is 11.8. The normalized spacial score (nSPS) is 13.8. The van der Waals surface area contributed by atoms with Crippen molar-refractivity contribution in [1.29, 1.82) is 0 Å². The van der Waals surface area contributed by atoms with Crippen molar-refractivity contribution in [3.8, 4) is 5.75 Å². The lowest BCUT2D eigenvalue weighted by Crippen LogP contribution is -2.17. The van der Waals surface area contributed by atoms with Crippen molar-refractivity contribution in [1.82, 2.24) is 0 Å². The van der Waals surface area contributed by atoms with Crippen LogP contribution in [0.3, 0.4) is 0 Å². The molecule has 0 bridgehead atoms. The number of phenols is 1. The molecule has 0 spiro atoms. The van der Waals surface area contributed by atoms with Gasteiger partial charge in [-0.3, -0.25) is 0 Å². The molecule has 0 aromatic heterocycles. The summed E-state index contributed by atoms with van der Waals surface area (Å²) in [5.74, 6) is 0.404. The van der Waals surface area contributed by atoms with Gasteiger partial charge in [-0.15, -0.1) is 0 Å². The fraction of sp³-hybridized carbons (Fsp3) is 0.333. The summed E-state index contributed by atoms with van der Waals surface area (Å²) in [6.07, 6.45) is 0.901. The van der Waals surface area contributed by atoms with Gasteiger partial charge in [0.05, 0.1) is 0 Å². The molecule has 0 amide bonds. The van der Waals surface area contributed by atoms with Gasteiger partial charge in [-0.2, -0.15) is 0 Å². The third kappa shape index (κ3) is 4.37. The van der Waals surface area contributed by atoms with E-state index in [4.69, 9.17) is 0 Å². The number of hydrogen-bond donors (Lipinski definition) is 1. The Kier molecular flexibility index (Phi) is 6.10. The summed E-state index contributed by atoms with van der Waals surface area (Å²) in [7, 11) is 0. The molecule has 0 fully saturated rings. The van der Waals surface area contributed by atoms with Gasteiger partial charge in [0.1, 0.15) is 5.75 Å². The molecule has 1 nitrogen and oxygen atoms in total. The van der Waals surface area contributed by atoms with E-state index in [1.165, 1.54) is 39.0 Å². The first-order valence-corrected chi connectivity index (χ1v) is 12.3. The Morgan fingerprint density at radius 3 is 1.97 bits per heavy atom. The number of rotatable bonds is 3. The molecule has 3 aromatic carbocycles. The molecular weight excluding hydrogens is 412 g/mol. The van der Waals surface area contributed by atoms with Crippen LogP contribution in [-0.4, -0.2) is 5.11 Å². The zero-order valence-electron chi connectivity index (χ0n) is 22.0. The molecule has 1 aliphatic carbocycles. The highest BCUT2D eigenvalue weighted by molar-refractivity contribution is 6.19. The van der Waals surface area contributed by atoms with Crippen molar-refractivity contribution in [2.24, 2.45) is 0 Å². The smallest absolute Gasteiger partial charge is 0.127 e. The fourth-order valence-corrected chi connectivity index (χ4v) is 5.01. The van der Waals surface area contributed by atoms with Crippen LogP contribution in [0.15, 0.2) is 72.3 Å². The van der Waals surface area contributed by atoms with Crippen LogP contribution in [0.1, 0.15) is 88.8 Å². The summed E-state index contributed by atoms with van der Waals surface area (Å²) in [6, 6.07) is 23.9. The summed E-state index contributed by atoms with van der Waals surface area (Å²) in [6.45, 7) is 17.6. The first-order valence-electron chi connectivity index (χ1n) is 12.3. The van der Waals surface area contributed by atoms with Crippen LogP contribution in [0.2, 0.25) is 0 Å². The van der Waals surface area contributed by atoms with E-state index >= 15 is 0 Å². The van der Waals surface area contributed by atoms with Crippen molar-refractivity contribution in [3.05, 3.63) is 106 Å². The Bertz CT molecular complexity index is 1280. The monoisotopic (exact) mass is 450 g/mol. The number of benzene rings is 3. The van der Waals surface area contributed by atoms with Gasteiger partial charge in [0, 0.05) is 11.1 Å². The average molecular weight is 451 g/mol. The van der Waals surface area contributed by atoms with E-state index in [0.717, 1.165) is 23.1 Å². The Balaban J connectivity index is 2.09. The Labute approximate surface area is 205 Å². The first kappa shape index (κ1) is 24.1. The van der Waals surface area contributed by atoms with Gasteiger partial charge in [-0.25, -0.2) is 0 Å². The lowest BCUT2D eigenvalue weighted by Gasteiger charge is -2.29. The van der Waals surface area contributed by atoms with Gasteiger partial charge in [-0.1, -0.05) is 108 Å². The van der Waals surface area contributed by atoms with Crippen LogP contribution >= 0.6 is 0 Å². The molecule has 0 aliphatic heterocycles. The Hall–Kier alpha value is -3.06. The molecule has 1 N–H and O–H groups in total. The third-order valence-corrected chi connectivity index (χ3v) is 6.88. The molecule has 1 heteroatoms. The molecule has 1 aliphatic rings. The van der Waals surface area contributed by atoms with Gasteiger partial charge >= 0.3 is 0 Å². The van der Waals surface area contributed by atoms with Gasteiger partial charge in [0.2, 0.25) is 0 Å². The summed E-state index contributed by atoms with van der Waals surface area (Å²) in [4.78, 5) is 0. The second-order valence-corrected chi connectivity index (χ2v) is 11.8. The molecule has 34 heavy (non-hydrogen) atoms. The van der Waals surface area contributed by atoms with Crippen molar-refractivity contribution < 1.29 is 5.11 Å². The van der Waals surface area contributed by atoms with Crippen LogP contribution in [0.25, 0.3) is 16.7 Å². The van der Waals surface area contributed by atoms with Crippen LogP contribution in [0.4, 0.5) is 0 Å². The predicted octanol–water partition coefficient (Wildman–Crippen LogP) is 8.95. The molecule has 3 aromatic rings. The number of aromatic hydroxyl groups is 1. The minimum atomic E-state index is -0.170. The maximum Gasteiger partial charge on any atom is 0.127 e. The zero-order chi connectivity index (χ0) is 24.8. The van der Waals surface area contributed by atoms with Crippen molar-refractivity contribution in [2.45, 2.75) is 72.6 Å². The highest BCUT2D eigenvalue weighted by atomic mass is 16.3. The van der Waals surface area contributed by atoms with Crippen molar-refractivity contribution in [3.63, 3.8) is 0 Å². The minimum Gasteiger partial charge on any atom is -0.507 e. The van der Waals surface area contributed by atoms with Gasteiger partial charge < -0.3 is 5.11 Å². The van der Waals surface area contributed by atoms with Gasteiger partial charge in [0.15, 0.2) is 0 Å². The number of hydrogen-bond acceptors (Lipinski definition) is 1. The predicted molar refractivity (Wildman–Crippen MR) is 147 cm³/mol. The van der Waals surface area contributed by atoms with E-state index in [1.807, 2.05) is 0 Å². The molecule has 176 valence electrons. The van der Waals surface area contributed by atoms with E-state index in [1.54, 1.807) is 0 Å². The fourth-order valence-electron chi connectivity index (χ4n) is 5.01. The minimum absolute atomic E-state index is 0.0283. The number of phenolic OH excluding ortho intramolecular Hbond substituents is 1. The van der Waals surface area contributed by atoms with Crippen LogP contribution < -0.4 is 0 Å². The van der Waals surface area contributed by atoms with Crippen LogP contribution in [0, 0.1) is 0 Å². The third-order valence-electron chi connectivity index (χ3n) is 6.88. The molecule has 0 saturated heterocycles. The average Bonchev–Trinajstić information content (AvgIpc) is 3.13. The lowest BCUT2D eigenvalue weighted by molar-refractivity contribution is 0.443. The van der Waals surface area contributed by atoms with E-state index in [2.05, 4.69) is 122 Å². The first-order chi connectivity index (χ1) is 15.9. The van der Waals surface area contributed by atoms with Crippen molar-refractivity contribution in [2.75, 3.05) is 0 Å². The topological polar surface area (TPSA) is 20.2 Å². The largest absolute Gasteiger partial charge is 0.507 e. The SMILES string of the molecule is CC(C)=C(C1=C(c2ccccc2)Cc2ccccc21)c1cc(C(C)(C)C)cc(C(C)(C)C)c1O. The maximum absolute atomic E-state index is 11.7. The molecular formula is C33H38O. The highest BCUT2D eigenvalue weighted by Gasteiger charge is 2.31. The highest BCUT2D eigenvalue weighted by Crippen LogP contribution is 2.50. The van der Waals surface area contributed by atoms with Gasteiger partial charge in [0.25, 0.3) is 0 Å². The molecule has 0 heterocycles. The second-order valence-electron chi connectivity index (χ2n) is 11.8. The van der Waals surface area contributed by atoms with E-state index < -0.39 is 0 Å². The van der Waals surface area contributed by atoms with Crippen LogP contribution in [0.5, 0.6) is 5.75 Å². The number of fused-ring (bicyclic) bond motifs is 1. The van der Waals surface area contributed by atoms with E-state index in [-0.39, 0.29) is 10.8 Å². The standard InChI is InChI=1S/C33H38O/c1-21(2)29(27-19-24(32(3,4)5)20-28(31(27)34)33(6,7)8)30-25-17-13-12-16-23(25)18-26(30)22-14-10-9-11-15-22/h9-17,19-20,34H,18H2,1-8H3. The molecule has 0 atom stereocenters. The van der Waals surface area contributed by atoms with Gasteiger partial charge in [-0.05, 0) is 76.1 Å². The quantitative estimate of drug-likeness (QED) is 0.422. The molecule has 0 unspecified atom stereocenters. The lowest BCUT2D eigenvalue weighted by atomic mass is 9.76. The molecule has 0 radical (unpaired) electrons. The summed E-state index contributed by atoms with van der Waals surface area (Å²) in [5, 5.41) is 11.7. The Morgan fingerprint density at radius 1 is 0.765 bits per heavy atom. The maximum atomic E-state index is 11.7. The molecule has 4 rings (SSSR count). The molecule has 0 saturated carbocycles. The second kappa shape index (κ2) is 8.62. The number of allylic oxidation sites excluding steroid dienone is 4. The van der Waals surface area contributed by atoms with E-state index in [9.17, 15) is 5.11 Å². The van der Waals surface area contributed by atoms with E-state index in [0.29, 0.717) is 5.75 Å². The van der Waals surface area contributed by atoms with Crippen LogP contribution in [-0.2, 0) is 17.3 Å². The Morgan fingerprint density at radius 2 is 1.38 bits per heavy atom. The summed E-state index contributed by atoms with van der Waals surface area (Å²) < 4.78 is 0.